The molecule has 102 valence electrons. The molecule has 0 saturated carbocycles. The van der Waals surface area contributed by atoms with Gasteiger partial charge in [0, 0.05) is 31.2 Å². The molecule has 1 heterocycles. The summed E-state index contributed by atoms with van der Waals surface area (Å²) in [5.41, 5.74) is 0. The first-order valence-electron chi connectivity index (χ1n) is 7.57. The maximum Gasteiger partial charge on any atom is 0.0198 e. The number of hydrogen-bond donors (Lipinski definition) is 1. The summed E-state index contributed by atoms with van der Waals surface area (Å²) < 4.78 is 0. The van der Waals surface area contributed by atoms with Crippen LogP contribution >= 0.6 is 0 Å². The van der Waals surface area contributed by atoms with Crippen LogP contribution in [0.5, 0.6) is 0 Å². The average molecular weight is 240 g/mol. The maximum atomic E-state index is 3.71. The number of hydrogen-bond acceptors (Lipinski definition) is 2. The summed E-state index contributed by atoms with van der Waals surface area (Å²) in [4.78, 5) is 2.76. The molecule has 2 heteroatoms. The number of nitrogens with one attached hydrogen (secondary N) is 1. The van der Waals surface area contributed by atoms with E-state index in [0.717, 1.165) is 18.5 Å². The summed E-state index contributed by atoms with van der Waals surface area (Å²) >= 11 is 0. The molecule has 0 amide bonds. The first kappa shape index (κ1) is 15.0. The summed E-state index contributed by atoms with van der Waals surface area (Å²) in [6.07, 6.45) is 5.28. The van der Waals surface area contributed by atoms with E-state index in [2.05, 4.69) is 44.8 Å². The van der Waals surface area contributed by atoms with Gasteiger partial charge in [0.2, 0.25) is 0 Å². The Morgan fingerprint density at radius 1 is 1.29 bits per heavy atom. The molecule has 0 spiro atoms. The molecule has 17 heavy (non-hydrogen) atoms. The van der Waals surface area contributed by atoms with Crippen molar-refractivity contribution in [2.24, 2.45) is 5.92 Å². The van der Waals surface area contributed by atoms with E-state index in [4.69, 9.17) is 0 Å². The Morgan fingerprint density at radius 2 is 2.00 bits per heavy atom. The standard InChI is InChI=1S/C15H32N2/c1-6-8-15(7-2)17-11-14(9-12(3)4)16-10-13(17)5/h12-16H,6-11H2,1-5H3. The van der Waals surface area contributed by atoms with Gasteiger partial charge in [-0.3, -0.25) is 4.90 Å². The Balaban J connectivity index is 2.55. The fourth-order valence-electron chi connectivity index (χ4n) is 3.13. The van der Waals surface area contributed by atoms with Gasteiger partial charge in [-0.25, -0.2) is 0 Å². The molecule has 1 N–H and O–H groups in total. The molecule has 1 fully saturated rings. The minimum absolute atomic E-state index is 0.704. The lowest BCUT2D eigenvalue weighted by atomic mass is 9.97. The van der Waals surface area contributed by atoms with Gasteiger partial charge < -0.3 is 5.32 Å². The van der Waals surface area contributed by atoms with Crippen molar-refractivity contribution in [3.8, 4) is 0 Å². The van der Waals surface area contributed by atoms with Crippen LogP contribution in [0, 0.1) is 5.92 Å². The highest BCUT2D eigenvalue weighted by Gasteiger charge is 2.29. The zero-order valence-electron chi connectivity index (χ0n) is 12.5. The van der Waals surface area contributed by atoms with E-state index in [0.29, 0.717) is 12.1 Å². The van der Waals surface area contributed by atoms with E-state index in [1.807, 2.05) is 0 Å². The van der Waals surface area contributed by atoms with Crippen LogP contribution in [0.4, 0.5) is 0 Å². The Labute approximate surface area is 108 Å². The fourth-order valence-corrected chi connectivity index (χ4v) is 3.13. The lowest BCUT2D eigenvalue weighted by Crippen LogP contribution is -2.58. The van der Waals surface area contributed by atoms with Crippen LogP contribution in [0.25, 0.3) is 0 Å². The lowest BCUT2D eigenvalue weighted by Gasteiger charge is -2.43. The van der Waals surface area contributed by atoms with E-state index in [1.165, 1.54) is 32.2 Å². The van der Waals surface area contributed by atoms with Crippen molar-refractivity contribution in [3.05, 3.63) is 0 Å². The SMILES string of the molecule is CCCC(CC)N1CC(CC(C)C)NCC1C. The van der Waals surface area contributed by atoms with Gasteiger partial charge in [0.05, 0.1) is 0 Å². The zero-order valence-corrected chi connectivity index (χ0v) is 12.5. The van der Waals surface area contributed by atoms with Crippen molar-refractivity contribution < 1.29 is 0 Å². The smallest absolute Gasteiger partial charge is 0.0198 e. The van der Waals surface area contributed by atoms with Crippen molar-refractivity contribution in [2.45, 2.75) is 78.4 Å². The highest BCUT2D eigenvalue weighted by atomic mass is 15.2. The first-order valence-corrected chi connectivity index (χ1v) is 7.57. The Bertz CT molecular complexity index is 203. The molecule has 0 radical (unpaired) electrons. The lowest BCUT2D eigenvalue weighted by molar-refractivity contribution is 0.0775. The van der Waals surface area contributed by atoms with Gasteiger partial charge in [-0.1, -0.05) is 34.1 Å². The molecule has 0 bridgehead atoms. The molecule has 0 aliphatic carbocycles. The van der Waals surface area contributed by atoms with Crippen molar-refractivity contribution in [2.75, 3.05) is 13.1 Å². The predicted octanol–water partition coefficient (Wildman–Crippen LogP) is 3.27. The molecule has 1 aliphatic heterocycles. The highest BCUT2D eigenvalue weighted by molar-refractivity contribution is 4.87. The van der Waals surface area contributed by atoms with Gasteiger partial charge in [0.1, 0.15) is 0 Å². The van der Waals surface area contributed by atoms with Gasteiger partial charge in [0.15, 0.2) is 0 Å². The minimum Gasteiger partial charge on any atom is -0.311 e. The molecule has 1 aliphatic rings. The molecule has 3 atom stereocenters. The summed E-state index contributed by atoms with van der Waals surface area (Å²) in [5.74, 6) is 0.800. The third-order valence-electron chi connectivity index (χ3n) is 4.02. The van der Waals surface area contributed by atoms with E-state index < -0.39 is 0 Å². The molecule has 0 aromatic rings. The van der Waals surface area contributed by atoms with Crippen molar-refractivity contribution >= 4 is 0 Å². The van der Waals surface area contributed by atoms with Crippen molar-refractivity contribution in [1.29, 1.82) is 0 Å². The molecule has 1 saturated heterocycles. The van der Waals surface area contributed by atoms with Gasteiger partial charge in [-0.2, -0.15) is 0 Å². The third kappa shape index (κ3) is 4.59. The summed E-state index contributed by atoms with van der Waals surface area (Å²) in [6, 6.07) is 2.21. The fraction of sp³-hybridized carbons (Fsp3) is 1.00. The molecular weight excluding hydrogens is 208 g/mol. The zero-order chi connectivity index (χ0) is 12.8. The first-order chi connectivity index (χ1) is 8.08. The van der Waals surface area contributed by atoms with Crippen LogP contribution in [0.2, 0.25) is 0 Å². The van der Waals surface area contributed by atoms with Gasteiger partial charge >= 0.3 is 0 Å². The Hall–Kier alpha value is -0.0800. The Kier molecular flexibility index (Phi) is 6.50. The second-order valence-electron chi connectivity index (χ2n) is 6.13. The largest absolute Gasteiger partial charge is 0.311 e. The van der Waals surface area contributed by atoms with Gasteiger partial charge in [-0.15, -0.1) is 0 Å². The van der Waals surface area contributed by atoms with Crippen LogP contribution in [0.1, 0.15) is 60.3 Å². The third-order valence-corrected chi connectivity index (χ3v) is 4.02. The van der Waals surface area contributed by atoms with Crippen LogP contribution in [-0.4, -0.2) is 36.1 Å². The normalized spacial score (nSPS) is 28.6. The van der Waals surface area contributed by atoms with Crippen LogP contribution in [0.3, 0.4) is 0 Å². The second kappa shape index (κ2) is 7.38. The van der Waals surface area contributed by atoms with Crippen LogP contribution in [0.15, 0.2) is 0 Å². The van der Waals surface area contributed by atoms with Crippen molar-refractivity contribution in [3.63, 3.8) is 0 Å². The summed E-state index contributed by atoms with van der Waals surface area (Å²) in [7, 11) is 0. The van der Waals surface area contributed by atoms with Crippen LogP contribution in [-0.2, 0) is 0 Å². The maximum absolute atomic E-state index is 3.71. The topological polar surface area (TPSA) is 15.3 Å². The molecular formula is C15H32N2. The second-order valence-corrected chi connectivity index (χ2v) is 6.13. The van der Waals surface area contributed by atoms with Gasteiger partial charge in [0.25, 0.3) is 0 Å². The Morgan fingerprint density at radius 3 is 2.53 bits per heavy atom. The van der Waals surface area contributed by atoms with E-state index in [1.54, 1.807) is 0 Å². The van der Waals surface area contributed by atoms with E-state index in [-0.39, 0.29) is 0 Å². The molecule has 2 nitrogen and oxygen atoms in total. The number of rotatable bonds is 6. The minimum atomic E-state index is 0.704. The average Bonchev–Trinajstić information content (AvgIpc) is 2.28. The summed E-state index contributed by atoms with van der Waals surface area (Å²) in [6.45, 7) is 14.1. The highest BCUT2D eigenvalue weighted by Crippen LogP contribution is 2.20. The number of piperazine rings is 1. The van der Waals surface area contributed by atoms with E-state index in [9.17, 15) is 0 Å². The molecule has 0 aromatic heterocycles. The quantitative estimate of drug-likeness (QED) is 0.766. The monoisotopic (exact) mass is 240 g/mol. The van der Waals surface area contributed by atoms with Gasteiger partial charge in [-0.05, 0) is 32.1 Å². The molecule has 1 rings (SSSR count). The van der Waals surface area contributed by atoms with E-state index >= 15 is 0 Å². The summed E-state index contributed by atoms with van der Waals surface area (Å²) in [5, 5.41) is 3.71. The van der Waals surface area contributed by atoms with Crippen molar-refractivity contribution in [1.82, 2.24) is 10.2 Å². The molecule has 0 aromatic carbocycles. The number of nitrogens with zero attached hydrogens (tertiary/aromatic N) is 1. The van der Waals surface area contributed by atoms with Crippen LogP contribution < -0.4 is 5.32 Å². The molecule has 3 unspecified atom stereocenters. The predicted molar refractivity (Wildman–Crippen MR) is 76.4 cm³/mol.